The highest BCUT2D eigenvalue weighted by Gasteiger charge is 2.50. The number of nitrogens with zero attached hydrogens (tertiary/aromatic N) is 2. The van der Waals surface area contributed by atoms with Crippen LogP contribution in [0.2, 0.25) is 0 Å². The summed E-state index contributed by atoms with van der Waals surface area (Å²) in [5.41, 5.74) is 6.08. The van der Waals surface area contributed by atoms with E-state index in [1.54, 1.807) is 0 Å². The Labute approximate surface area is 109 Å². The van der Waals surface area contributed by atoms with Crippen molar-refractivity contribution in [2.24, 2.45) is 35.3 Å². The fraction of sp³-hybridized carbons (Fsp3) is 0.800. The second-order valence-electron chi connectivity index (χ2n) is 6.80. The van der Waals surface area contributed by atoms with Gasteiger partial charge in [-0.3, -0.25) is 4.68 Å². The zero-order valence-electron chi connectivity index (χ0n) is 10.9. The van der Waals surface area contributed by atoms with Crippen LogP contribution < -0.4 is 5.73 Å². The predicted octanol–water partition coefficient (Wildman–Crippen LogP) is 2.46. The first kappa shape index (κ1) is 11.0. The highest BCUT2D eigenvalue weighted by Crippen LogP contribution is 2.58. The van der Waals surface area contributed by atoms with Gasteiger partial charge in [0.2, 0.25) is 0 Å². The molecule has 1 heterocycles. The zero-order valence-corrected chi connectivity index (χ0v) is 10.9. The van der Waals surface area contributed by atoms with E-state index in [0.717, 1.165) is 36.1 Å². The van der Waals surface area contributed by atoms with E-state index < -0.39 is 0 Å². The van der Waals surface area contributed by atoms with Crippen LogP contribution >= 0.6 is 0 Å². The van der Waals surface area contributed by atoms with Crippen LogP contribution in [0.4, 0.5) is 0 Å². The van der Waals surface area contributed by atoms with E-state index in [-0.39, 0.29) is 0 Å². The van der Waals surface area contributed by atoms with Crippen LogP contribution in [0, 0.1) is 29.6 Å². The van der Waals surface area contributed by atoms with Gasteiger partial charge in [-0.2, -0.15) is 5.10 Å². The third kappa shape index (κ3) is 1.56. The number of aromatic nitrogens is 2. The largest absolute Gasteiger partial charge is 0.328 e. The molecule has 3 heteroatoms. The van der Waals surface area contributed by atoms with Gasteiger partial charge in [0.25, 0.3) is 0 Å². The Morgan fingerprint density at radius 2 is 1.78 bits per heavy atom. The van der Waals surface area contributed by atoms with Crippen molar-refractivity contribution in [3.05, 3.63) is 18.5 Å². The van der Waals surface area contributed by atoms with Gasteiger partial charge in [0, 0.05) is 18.9 Å². The summed E-state index contributed by atoms with van der Waals surface area (Å²) < 4.78 is 2.13. The summed E-state index contributed by atoms with van der Waals surface area (Å²) in [6, 6.07) is 2.47. The van der Waals surface area contributed by atoms with Crippen molar-refractivity contribution in [3.8, 4) is 0 Å². The van der Waals surface area contributed by atoms with Gasteiger partial charge in [0.15, 0.2) is 0 Å². The number of nitrogens with two attached hydrogens (primary N) is 1. The third-order valence-corrected chi connectivity index (χ3v) is 5.85. The summed E-state index contributed by atoms with van der Waals surface area (Å²) >= 11 is 0. The molecule has 2 N–H and O–H groups in total. The first-order chi connectivity index (χ1) is 8.85. The second-order valence-corrected chi connectivity index (χ2v) is 6.80. The minimum atomic E-state index is 0.440. The lowest BCUT2D eigenvalue weighted by Gasteiger charge is -2.56. The summed E-state index contributed by atoms with van der Waals surface area (Å²) in [6.07, 6.45) is 11.4. The lowest BCUT2D eigenvalue weighted by molar-refractivity contribution is -0.0587. The molecule has 0 saturated heterocycles. The Balaban J connectivity index is 1.64. The van der Waals surface area contributed by atoms with Crippen molar-refractivity contribution in [2.45, 2.75) is 38.1 Å². The molecule has 1 aromatic rings. The highest BCUT2D eigenvalue weighted by atomic mass is 15.3. The van der Waals surface area contributed by atoms with Crippen LogP contribution in [0.25, 0.3) is 0 Å². The lowest BCUT2D eigenvalue weighted by Crippen LogP contribution is -2.49. The van der Waals surface area contributed by atoms with Gasteiger partial charge in [-0.05, 0) is 67.8 Å². The molecule has 4 saturated carbocycles. The predicted molar refractivity (Wildman–Crippen MR) is 70.9 cm³/mol. The molecule has 1 aromatic heterocycles. The van der Waals surface area contributed by atoms with Gasteiger partial charge < -0.3 is 5.73 Å². The van der Waals surface area contributed by atoms with Crippen molar-refractivity contribution in [3.63, 3.8) is 0 Å². The summed E-state index contributed by atoms with van der Waals surface area (Å²) in [6.45, 7) is 0.745. The van der Waals surface area contributed by atoms with Crippen LogP contribution in [-0.4, -0.2) is 16.3 Å². The molecule has 4 bridgehead atoms. The normalized spacial score (nSPS) is 43.3. The van der Waals surface area contributed by atoms with Crippen molar-refractivity contribution in [2.75, 3.05) is 6.54 Å². The fourth-order valence-corrected chi connectivity index (χ4v) is 5.51. The van der Waals surface area contributed by atoms with Crippen molar-refractivity contribution >= 4 is 0 Å². The average molecular weight is 245 g/mol. The van der Waals surface area contributed by atoms with Crippen molar-refractivity contribution < 1.29 is 0 Å². The van der Waals surface area contributed by atoms with Crippen LogP contribution in [0.15, 0.2) is 18.5 Å². The Morgan fingerprint density at radius 1 is 1.11 bits per heavy atom. The monoisotopic (exact) mass is 245 g/mol. The standard InChI is InChI=1S/C15H23N3/c16-9-14(18-3-1-2-17-18)15-12-5-10-4-11(7-12)8-13(15)6-10/h1-3,10-15H,4-9,16H2. The molecule has 0 radical (unpaired) electrons. The molecule has 1 unspecified atom stereocenters. The molecule has 3 nitrogen and oxygen atoms in total. The second kappa shape index (κ2) is 4.09. The molecular weight excluding hydrogens is 222 g/mol. The fourth-order valence-electron chi connectivity index (χ4n) is 5.51. The zero-order chi connectivity index (χ0) is 12.1. The Morgan fingerprint density at radius 3 is 2.28 bits per heavy atom. The van der Waals surface area contributed by atoms with Gasteiger partial charge in [-0.15, -0.1) is 0 Å². The van der Waals surface area contributed by atoms with E-state index in [1.807, 2.05) is 12.3 Å². The lowest BCUT2D eigenvalue weighted by atomic mass is 9.50. The topological polar surface area (TPSA) is 43.8 Å². The molecular formula is C15H23N3. The molecule has 18 heavy (non-hydrogen) atoms. The smallest absolute Gasteiger partial charge is 0.0674 e. The summed E-state index contributed by atoms with van der Waals surface area (Å²) in [7, 11) is 0. The summed E-state index contributed by atoms with van der Waals surface area (Å²) in [5.74, 6) is 4.74. The molecule has 5 rings (SSSR count). The van der Waals surface area contributed by atoms with Crippen LogP contribution in [-0.2, 0) is 0 Å². The van der Waals surface area contributed by atoms with E-state index >= 15 is 0 Å². The van der Waals surface area contributed by atoms with Crippen molar-refractivity contribution in [1.82, 2.24) is 9.78 Å². The Kier molecular flexibility index (Phi) is 2.51. The maximum absolute atomic E-state index is 6.08. The first-order valence-electron chi connectivity index (χ1n) is 7.54. The molecule has 0 amide bonds. The van der Waals surface area contributed by atoms with E-state index in [9.17, 15) is 0 Å². The van der Waals surface area contributed by atoms with Gasteiger partial charge in [0.05, 0.1) is 6.04 Å². The average Bonchev–Trinajstić information content (AvgIpc) is 2.86. The van der Waals surface area contributed by atoms with Crippen molar-refractivity contribution in [1.29, 1.82) is 0 Å². The van der Waals surface area contributed by atoms with Crippen LogP contribution in [0.5, 0.6) is 0 Å². The molecule has 4 aliphatic carbocycles. The van der Waals surface area contributed by atoms with Gasteiger partial charge in [-0.1, -0.05) is 0 Å². The molecule has 0 aromatic carbocycles. The first-order valence-corrected chi connectivity index (χ1v) is 7.54. The molecule has 0 spiro atoms. The van der Waals surface area contributed by atoms with E-state index in [1.165, 1.54) is 32.1 Å². The number of hydrogen-bond acceptors (Lipinski definition) is 2. The van der Waals surface area contributed by atoms with Gasteiger partial charge >= 0.3 is 0 Å². The van der Waals surface area contributed by atoms with Crippen LogP contribution in [0.1, 0.15) is 38.1 Å². The van der Waals surface area contributed by atoms with Crippen LogP contribution in [0.3, 0.4) is 0 Å². The number of rotatable bonds is 3. The van der Waals surface area contributed by atoms with Gasteiger partial charge in [-0.25, -0.2) is 0 Å². The Bertz CT molecular complexity index is 383. The van der Waals surface area contributed by atoms with E-state index in [0.29, 0.717) is 6.04 Å². The number of hydrogen-bond donors (Lipinski definition) is 1. The van der Waals surface area contributed by atoms with E-state index in [2.05, 4.69) is 16.0 Å². The highest BCUT2D eigenvalue weighted by molar-refractivity contribution is 5.01. The molecule has 0 aliphatic heterocycles. The Hall–Kier alpha value is -0.830. The third-order valence-electron chi connectivity index (χ3n) is 5.85. The van der Waals surface area contributed by atoms with E-state index in [4.69, 9.17) is 5.73 Å². The molecule has 1 atom stereocenters. The minimum absolute atomic E-state index is 0.440. The maximum Gasteiger partial charge on any atom is 0.0674 e. The van der Waals surface area contributed by atoms with Gasteiger partial charge in [0.1, 0.15) is 0 Å². The molecule has 4 fully saturated rings. The summed E-state index contributed by atoms with van der Waals surface area (Å²) in [5, 5.41) is 4.46. The molecule has 4 aliphatic rings. The minimum Gasteiger partial charge on any atom is -0.328 e. The summed E-state index contributed by atoms with van der Waals surface area (Å²) in [4.78, 5) is 0. The molecule has 98 valence electrons. The SMILES string of the molecule is NCC(C1C2CC3CC(C2)CC1C3)n1cccn1. The maximum atomic E-state index is 6.08. The quantitative estimate of drug-likeness (QED) is 0.889.